The fourth-order valence-corrected chi connectivity index (χ4v) is 2.69. The Labute approximate surface area is 130 Å². The van der Waals surface area contributed by atoms with Crippen molar-refractivity contribution >= 4 is 11.3 Å². The number of nitrogens with one attached hydrogen (secondary N) is 1. The van der Waals surface area contributed by atoms with Crippen LogP contribution in [0.5, 0.6) is 11.5 Å². The number of hydrogen-bond acceptors (Lipinski definition) is 5. The zero-order valence-corrected chi connectivity index (χ0v) is 13.6. The van der Waals surface area contributed by atoms with E-state index in [9.17, 15) is 0 Å². The Morgan fingerprint density at radius 2 is 2.00 bits per heavy atom. The monoisotopic (exact) mass is 306 g/mol. The summed E-state index contributed by atoms with van der Waals surface area (Å²) >= 11 is 1.74. The molecule has 1 heterocycles. The fraction of sp³-hybridized carbons (Fsp3) is 0.438. The van der Waals surface area contributed by atoms with Gasteiger partial charge in [0.05, 0.1) is 18.7 Å². The van der Waals surface area contributed by atoms with Crippen molar-refractivity contribution in [1.82, 2.24) is 10.3 Å². The summed E-state index contributed by atoms with van der Waals surface area (Å²) in [5.41, 5.74) is 0. The van der Waals surface area contributed by atoms with Crippen molar-refractivity contribution in [2.45, 2.75) is 32.9 Å². The zero-order chi connectivity index (χ0) is 15.1. The van der Waals surface area contributed by atoms with Crippen LogP contribution in [0.2, 0.25) is 0 Å². The third kappa shape index (κ3) is 5.02. The van der Waals surface area contributed by atoms with Crippen molar-refractivity contribution in [3.63, 3.8) is 0 Å². The molecule has 0 aliphatic carbocycles. The maximum atomic E-state index is 5.77. The summed E-state index contributed by atoms with van der Waals surface area (Å²) in [4.78, 5) is 5.70. The Morgan fingerprint density at radius 3 is 2.71 bits per heavy atom. The van der Waals surface area contributed by atoms with Gasteiger partial charge in [0.2, 0.25) is 0 Å². The lowest BCUT2D eigenvalue weighted by molar-refractivity contribution is 0.297. The van der Waals surface area contributed by atoms with E-state index in [-0.39, 0.29) is 0 Å². The second-order valence-corrected chi connectivity index (χ2v) is 6.20. The van der Waals surface area contributed by atoms with E-state index >= 15 is 0 Å². The van der Waals surface area contributed by atoms with Crippen molar-refractivity contribution in [2.24, 2.45) is 0 Å². The smallest absolute Gasteiger partial charge is 0.161 e. The first kappa shape index (κ1) is 15.8. The van der Waals surface area contributed by atoms with Gasteiger partial charge in [-0.05, 0) is 12.1 Å². The minimum atomic E-state index is 0.490. The maximum Gasteiger partial charge on any atom is 0.161 e. The highest BCUT2D eigenvalue weighted by molar-refractivity contribution is 7.11. The molecule has 0 saturated carbocycles. The van der Waals surface area contributed by atoms with Gasteiger partial charge in [0, 0.05) is 30.1 Å². The van der Waals surface area contributed by atoms with Gasteiger partial charge in [-0.1, -0.05) is 26.0 Å². The van der Waals surface area contributed by atoms with Gasteiger partial charge in [-0.3, -0.25) is 0 Å². The summed E-state index contributed by atoms with van der Waals surface area (Å²) in [5, 5.41) is 4.50. The van der Waals surface area contributed by atoms with Gasteiger partial charge < -0.3 is 14.8 Å². The Morgan fingerprint density at radius 1 is 1.24 bits per heavy atom. The van der Waals surface area contributed by atoms with Gasteiger partial charge in [0.25, 0.3) is 0 Å². The van der Waals surface area contributed by atoms with E-state index in [0.717, 1.165) is 29.5 Å². The molecule has 0 spiro atoms. The SMILES string of the molecule is COc1ccccc1OCCc1ncc(CNC(C)C)s1. The standard InChI is InChI=1S/C16H22N2O2S/c1-12(2)17-10-13-11-18-16(21-13)8-9-20-15-7-5-4-6-14(15)19-3/h4-7,11-12,17H,8-10H2,1-3H3. The lowest BCUT2D eigenvalue weighted by atomic mass is 10.3. The van der Waals surface area contributed by atoms with Crippen LogP contribution < -0.4 is 14.8 Å². The van der Waals surface area contributed by atoms with Gasteiger partial charge in [-0.2, -0.15) is 0 Å². The summed E-state index contributed by atoms with van der Waals surface area (Å²) in [6.45, 7) is 5.76. The van der Waals surface area contributed by atoms with E-state index in [2.05, 4.69) is 24.1 Å². The molecule has 0 radical (unpaired) electrons. The number of rotatable bonds is 8. The quantitative estimate of drug-likeness (QED) is 0.813. The van der Waals surface area contributed by atoms with Crippen LogP contribution in [0.3, 0.4) is 0 Å². The summed E-state index contributed by atoms with van der Waals surface area (Å²) in [6.07, 6.45) is 2.75. The predicted octanol–water partition coefficient (Wildman–Crippen LogP) is 3.27. The molecule has 0 aliphatic heterocycles. The number of benzene rings is 1. The molecule has 4 nitrogen and oxygen atoms in total. The summed E-state index contributed by atoms with van der Waals surface area (Å²) in [6, 6.07) is 8.18. The molecule has 0 amide bonds. The molecular formula is C16H22N2O2S. The first-order valence-electron chi connectivity index (χ1n) is 7.12. The van der Waals surface area contributed by atoms with E-state index in [1.165, 1.54) is 4.88 Å². The number of hydrogen-bond donors (Lipinski definition) is 1. The third-order valence-electron chi connectivity index (χ3n) is 2.93. The average molecular weight is 306 g/mol. The van der Waals surface area contributed by atoms with Gasteiger partial charge in [-0.15, -0.1) is 11.3 Å². The van der Waals surface area contributed by atoms with Crippen molar-refractivity contribution in [2.75, 3.05) is 13.7 Å². The van der Waals surface area contributed by atoms with Crippen LogP contribution in [0.15, 0.2) is 30.5 Å². The van der Waals surface area contributed by atoms with Crippen LogP contribution in [0.1, 0.15) is 23.7 Å². The number of aromatic nitrogens is 1. The molecule has 2 aromatic rings. The van der Waals surface area contributed by atoms with Crippen molar-refractivity contribution in [3.8, 4) is 11.5 Å². The second-order valence-electron chi connectivity index (χ2n) is 5.01. The highest BCUT2D eigenvalue weighted by Crippen LogP contribution is 2.26. The van der Waals surface area contributed by atoms with Gasteiger partial charge >= 0.3 is 0 Å². The lowest BCUT2D eigenvalue weighted by Crippen LogP contribution is -2.21. The molecule has 2 rings (SSSR count). The Balaban J connectivity index is 1.81. The van der Waals surface area contributed by atoms with Gasteiger partial charge in [0.15, 0.2) is 11.5 Å². The molecule has 114 valence electrons. The summed E-state index contributed by atoms with van der Waals surface area (Å²) in [5.74, 6) is 1.54. The molecule has 0 saturated heterocycles. The third-order valence-corrected chi connectivity index (χ3v) is 3.99. The first-order chi connectivity index (χ1) is 10.2. The van der Waals surface area contributed by atoms with E-state index in [4.69, 9.17) is 9.47 Å². The maximum absolute atomic E-state index is 5.77. The average Bonchev–Trinajstić information content (AvgIpc) is 2.93. The second kappa shape index (κ2) is 8.00. The van der Waals surface area contributed by atoms with Crippen molar-refractivity contribution in [1.29, 1.82) is 0 Å². The van der Waals surface area contributed by atoms with Crippen molar-refractivity contribution in [3.05, 3.63) is 40.3 Å². The molecule has 21 heavy (non-hydrogen) atoms. The van der Waals surface area contributed by atoms with Crippen LogP contribution in [-0.4, -0.2) is 24.7 Å². The number of ether oxygens (including phenoxy) is 2. The minimum Gasteiger partial charge on any atom is -0.493 e. The number of methoxy groups -OCH3 is 1. The molecule has 0 unspecified atom stereocenters. The molecule has 5 heteroatoms. The van der Waals surface area contributed by atoms with E-state index < -0.39 is 0 Å². The Kier molecular flexibility index (Phi) is 6.02. The van der Waals surface area contributed by atoms with Crippen LogP contribution in [0, 0.1) is 0 Å². The topological polar surface area (TPSA) is 43.4 Å². The van der Waals surface area contributed by atoms with Crippen LogP contribution >= 0.6 is 11.3 Å². The first-order valence-corrected chi connectivity index (χ1v) is 7.93. The van der Waals surface area contributed by atoms with Crippen LogP contribution in [0.4, 0.5) is 0 Å². The molecule has 1 aromatic heterocycles. The van der Waals surface area contributed by atoms with E-state index in [1.807, 2.05) is 30.5 Å². The molecule has 0 fully saturated rings. The number of para-hydroxylation sites is 2. The summed E-state index contributed by atoms with van der Waals surface area (Å²) < 4.78 is 11.0. The summed E-state index contributed by atoms with van der Waals surface area (Å²) in [7, 11) is 1.65. The fourth-order valence-electron chi connectivity index (χ4n) is 1.84. The highest BCUT2D eigenvalue weighted by Gasteiger charge is 2.05. The van der Waals surface area contributed by atoms with Crippen molar-refractivity contribution < 1.29 is 9.47 Å². The zero-order valence-electron chi connectivity index (χ0n) is 12.8. The van der Waals surface area contributed by atoms with Crippen LogP contribution in [0.25, 0.3) is 0 Å². The molecular weight excluding hydrogens is 284 g/mol. The van der Waals surface area contributed by atoms with Gasteiger partial charge in [0.1, 0.15) is 0 Å². The Bertz CT molecular complexity index is 555. The molecule has 0 aliphatic rings. The van der Waals surface area contributed by atoms with E-state index in [1.54, 1.807) is 18.4 Å². The Hall–Kier alpha value is -1.59. The van der Waals surface area contributed by atoms with Gasteiger partial charge in [-0.25, -0.2) is 4.98 Å². The number of nitrogens with zero attached hydrogens (tertiary/aromatic N) is 1. The van der Waals surface area contributed by atoms with E-state index in [0.29, 0.717) is 12.6 Å². The molecule has 1 N–H and O–H groups in total. The molecule has 0 atom stereocenters. The van der Waals surface area contributed by atoms with Crippen LogP contribution in [-0.2, 0) is 13.0 Å². The lowest BCUT2D eigenvalue weighted by Gasteiger charge is -2.09. The highest BCUT2D eigenvalue weighted by atomic mass is 32.1. The minimum absolute atomic E-state index is 0.490. The largest absolute Gasteiger partial charge is 0.493 e. The normalized spacial score (nSPS) is 10.9. The predicted molar refractivity (Wildman–Crippen MR) is 86.3 cm³/mol. The molecule has 0 bridgehead atoms. The molecule has 1 aromatic carbocycles. The number of thiazole rings is 1.